The van der Waals surface area contributed by atoms with Crippen LogP contribution in [0.15, 0.2) is 29.2 Å². The number of thioether (sulfide) groups is 1. The van der Waals surface area contributed by atoms with Crippen LogP contribution < -0.4 is 5.73 Å². The van der Waals surface area contributed by atoms with E-state index in [0.717, 1.165) is 11.3 Å². The van der Waals surface area contributed by atoms with Crippen molar-refractivity contribution in [2.45, 2.75) is 24.3 Å². The summed E-state index contributed by atoms with van der Waals surface area (Å²) in [6.45, 7) is 4.09. The van der Waals surface area contributed by atoms with Gasteiger partial charge in [-0.15, -0.1) is 11.8 Å². The molecule has 0 aromatic heterocycles. The zero-order valence-corrected chi connectivity index (χ0v) is 9.47. The number of rotatable bonds is 4. The molecule has 1 unspecified atom stereocenters. The van der Waals surface area contributed by atoms with E-state index in [4.69, 9.17) is 5.73 Å². The van der Waals surface area contributed by atoms with Crippen LogP contribution in [-0.4, -0.2) is 17.4 Å². The molecule has 78 valence electrons. The Balaban J connectivity index is 2.82. The lowest BCUT2D eigenvalue weighted by atomic mass is 9.97. The Morgan fingerprint density at radius 3 is 2.36 bits per heavy atom. The van der Waals surface area contributed by atoms with Gasteiger partial charge in [-0.3, -0.25) is 0 Å². The summed E-state index contributed by atoms with van der Waals surface area (Å²) >= 11 is 1.79. The lowest BCUT2D eigenvalue weighted by Gasteiger charge is -2.21. The van der Waals surface area contributed by atoms with Crippen molar-refractivity contribution in [3.63, 3.8) is 0 Å². The molecule has 0 fully saturated rings. The first-order valence-corrected chi connectivity index (χ1v) is 5.74. The monoisotopic (exact) mass is 211 g/mol. The summed E-state index contributed by atoms with van der Waals surface area (Å²) in [6, 6.07) is 7.91. The maximum atomic E-state index is 9.88. The lowest BCUT2D eigenvalue weighted by molar-refractivity contribution is 0.0668. The van der Waals surface area contributed by atoms with Gasteiger partial charge in [0.25, 0.3) is 0 Å². The van der Waals surface area contributed by atoms with Crippen molar-refractivity contribution in [2.24, 2.45) is 5.73 Å². The molecule has 0 bridgehead atoms. The van der Waals surface area contributed by atoms with Crippen molar-refractivity contribution in [1.29, 1.82) is 0 Å². The highest BCUT2D eigenvalue weighted by molar-refractivity contribution is 7.99. The molecule has 1 rings (SSSR count). The van der Waals surface area contributed by atoms with Gasteiger partial charge in [-0.2, -0.15) is 0 Å². The minimum Gasteiger partial charge on any atom is -0.384 e. The molecular weight excluding hydrogens is 194 g/mol. The molecule has 14 heavy (non-hydrogen) atoms. The molecule has 2 nitrogen and oxygen atoms in total. The van der Waals surface area contributed by atoms with Crippen molar-refractivity contribution in [1.82, 2.24) is 0 Å². The molecule has 3 N–H and O–H groups in total. The number of hydrogen-bond donors (Lipinski definition) is 2. The summed E-state index contributed by atoms with van der Waals surface area (Å²) in [5.74, 6) is 1.06. The van der Waals surface area contributed by atoms with Crippen LogP contribution in [0.5, 0.6) is 0 Å². The Kier molecular flexibility index (Phi) is 3.98. The second kappa shape index (κ2) is 4.82. The van der Waals surface area contributed by atoms with Crippen LogP contribution in [0.2, 0.25) is 0 Å². The number of hydrogen-bond acceptors (Lipinski definition) is 3. The van der Waals surface area contributed by atoms with E-state index in [-0.39, 0.29) is 6.54 Å². The Morgan fingerprint density at radius 1 is 1.36 bits per heavy atom. The van der Waals surface area contributed by atoms with E-state index in [1.54, 1.807) is 18.7 Å². The minimum atomic E-state index is -0.907. The molecule has 0 aliphatic rings. The van der Waals surface area contributed by atoms with Crippen LogP contribution in [0.1, 0.15) is 19.4 Å². The van der Waals surface area contributed by atoms with Crippen molar-refractivity contribution in [3.05, 3.63) is 29.8 Å². The highest BCUT2D eigenvalue weighted by Crippen LogP contribution is 2.23. The highest BCUT2D eigenvalue weighted by atomic mass is 32.2. The Bertz CT molecular complexity index is 282. The Labute approximate surface area is 89.5 Å². The molecule has 0 aliphatic carbocycles. The van der Waals surface area contributed by atoms with Crippen molar-refractivity contribution < 1.29 is 5.11 Å². The lowest BCUT2D eigenvalue weighted by Crippen LogP contribution is -2.31. The van der Waals surface area contributed by atoms with Gasteiger partial charge in [0.05, 0.1) is 5.60 Å². The van der Waals surface area contributed by atoms with Crippen LogP contribution in [0.25, 0.3) is 0 Å². The van der Waals surface area contributed by atoms with Gasteiger partial charge in [0.2, 0.25) is 0 Å². The van der Waals surface area contributed by atoms with Gasteiger partial charge in [-0.05, 0) is 30.4 Å². The molecule has 0 saturated heterocycles. The molecular formula is C11H17NOS. The summed E-state index contributed by atoms with van der Waals surface area (Å²) in [5.41, 5.74) is 5.45. The molecule has 1 atom stereocenters. The molecule has 0 saturated carbocycles. The SMILES string of the molecule is CCSc1ccc(C(C)(O)CN)cc1. The largest absolute Gasteiger partial charge is 0.384 e. The third-order valence-corrected chi connectivity index (χ3v) is 3.08. The van der Waals surface area contributed by atoms with Gasteiger partial charge in [0.1, 0.15) is 0 Å². The normalized spacial score (nSPS) is 15.1. The van der Waals surface area contributed by atoms with Gasteiger partial charge in [0.15, 0.2) is 0 Å². The fraction of sp³-hybridized carbons (Fsp3) is 0.455. The zero-order valence-electron chi connectivity index (χ0n) is 8.66. The maximum Gasteiger partial charge on any atom is 0.0990 e. The first-order valence-electron chi connectivity index (χ1n) is 4.76. The van der Waals surface area contributed by atoms with Crippen LogP contribution in [0.4, 0.5) is 0 Å². The standard InChI is InChI=1S/C11H17NOS/c1-3-14-10-6-4-9(5-7-10)11(2,13)8-12/h4-7,13H,3,8,12H2,1-2H3. The van der Waals surface area contributed by atoms with Crippen LogP contribution in [-0.2, 0) is 5.60 Å². The second-order valence-electron chi connectivity index (χ2n) is 3.44. The van der Waals surface area contributed by atoms with E-state index in [1.807, 2.05) is 24.3 Å². The van der Waals surface area contributed by atoms with Gasteiger partial charge in [-0.25, -0.2) is 0 Å². The summed E-state index contributed by atoms with van der Waals surface area (Å²) in [4.78, 5) is 1.23. The molecule has 0 amide bonds. The van der Waals surface area contributed by atoms with Crippen molar-refractivity contribution in [2.75, 3.05) is 12.3 Å². The molecule has 0 heterocycles. The fourth-order valence-corrected chi connectivity index (χ4v) is 1.86. The van der Waals surface area contributed by atoms with Crippen LogP contribution in [0.3, 0.4) is 0 Å². The summed E-state index contributed by atoms with van der Waals surface area (Å²) in [6.07, 6.45) is 0. The zero-order chi connectivity index (χ0) is 10.6. The topological polar surface area (TPSA) is 46.2 Å². The third-order valence-electron chi connectivity index (χ3n) is 2.18. The van der Waals surface area contributed by atoms with Gasteiger partial charge >= 0.3 is 0 Å². The molecule has 1 aromatic rings. The van der Waals surface area contributed by atoms with E-state index in [9.17, 15) is 5.11 Å². The van der Waals surface area contributed by atoms with Crippen LogP contribution >= 0.6 is 11.8 Å². The molecule has 1 aromatic carbocycles. The number of benzene rings is 1. The van der Waals surface area contributed by atoms with Crippen molar-refractivity contribution in [3.8, 4) is 0 Å². The van der Waals surface area contributed by atoms with E-state index in [0.29, 0.717) is 0 Å². The molecule has 0 aliphatic heterocycles. The average Bonchev–Trinajstić information content (AvgIpc) is 2.19. The van der Waals surface area contributed by atoms with Gasteiger partial charge < -0.3 is 10.8 Å². The van der Waals surface area contributed by atoms with E-state index >= 15 is 0 Å². The van der Waals surface area contributed by atoms with E-state index < -0.39 is 5.60 Å². The predicted molar refractivity (Wildman–Crippen MR) is 61.5 cm³/mol. The second-order valence-corrected chi connectivity index (χ2v) is 4.77. The third kappa shape index (κ3) is 2.74. The Morgan fingerprint density at radius 2 is 1.93 bits per heavy atom. The van der Waals surface area contributed by atoms with Crippen LogP contribution in [0, 0.1) is 0 Å². The Hall–Kier alpha value is -0.510. The first-order chi connectivity index (χ1) is 6.60. The smallest absolute Gasteiger partial charge is 0.0990 e. The first kappa shape index (κ1) is 11.6. The van der Waals surface area contributed by atoms with E-state index in [1.165, 1.54) is 4.90 Å². The summed E-state index contributed by atoms with van der Waals surface area (Å²) < 4.78 is 0. The fourth-order valence-electron chi connectivity index (χ4n) is 1.19. The molecule has 0 radical (unpaired) electrons. The van der Waals surface area contributed by atoms with Crippen molar-refractivity contribution >= 4 is 11.8 Å². The van der Waals surface area contributed by atoms with Gasteiger partial charge in [-0.1, -0.05) is 19.1 Å². The van der Waals surface area contributed by atoms with E-state index in [2.05, 4.69) is 6.92 Å². The number of aliphatic hydroxyl groups is 1. The summed E-state index contributed by atoms with van der Waals surface area (Å²) in [7, 11) is 0. The molecule has 0 spiro atoms. The molecule has 3 heteroatoms. The quantitative estimate of drug-likeness (QED) is 0.748. The minimum absolute atomic E-state index is 0.243. The maximum absolute atomic E-state index is 9.88. The summed E-state index contributed by atoms with van der Waals surface area (Å²) in [5, 5.41) is 9.88. The van der Waals surface area contributed by atoms with Gasteiger partial charge in [0, 0.05) is 11.4 Å². The highest BCUT2D eigenvalue weighted by Gasteiger charge is 2.20. The predicted octanol–water partition coefficient (Wildman–Crippen LogP) is 1.96. The average molecular weight is 211 g/mol. The number of nitrogens with two attached hydrogens (primary N) is 1.